The number of nitrogens with two attached hydrogens (primary N) is 1. The molecule has 1 saturated heterocycles. The Balaban J connectivity index is 1.55. The summed E-state index contributed by atoms with van der Waals surface area (Å²) in [6.07, 6.45) is 2.85. The van der Waals surface area contributed by atoms with Crippen LogP contribution in [0.5, 0.6) is 0 Å². The fraction of sp³-hybridized carbons (Fsp3) is 0.643. The molecule has 7 nitrogen and oxygen atoms in total. The van der Waals surface area contributed by atoms with Crippen molar-refractivity contribution < 1.29 is 0 Å². The van der Waals surface area contributed by atoms with Crippen molar-refractivity contribution in [3.63, 3.8) is 0 Å². The number of aromatic amines is 1. The molecule has 1 aliphatic heterocycles. The van der Waals surface area contributed by atoms with E-state index in [0.29, 0.717) is 29.8 Å². The van der Waals surface area contributed by atoms with Gasteiger partial charge in [-0.15, -0.1) is 0 Å². The van der Waals surface area contributed by atoms with Gasteiger partial charge in [0.25, 0.3) is 0 Å². The zero-order valence-electron chi connectivity index (χ0n) is 12.5. The van der Waals surface area contributed by atoms with Gasteiger partial charge in [-0.1, -0.05) is 0 Å². The van der Waals surface area contributed by atoms with E-state index in [0.717, 1.165) is 31.9 Å². The Morgan fingerprint density at radius 2 is 2.14 bits per heavy atom. The summed E-state index contributed by atoms with van der Waals surface area (Å²) in [4.78, 5) is 8.65. The number of aliphatic imine (C=N–C) groups is 1. The van der Waals surface area contributed by atoms with Crippen LogP contribution < -0.4 is 5.73 Å². The molecule has 2 heterocycles. The van der Waals surface area contributed by atoms with Crippen molar-refractivity contribution >= 4 is 17.5 Å². The van der Waals surface area contributed by atoms with Crippen molar-refractivity contribution in [2.75, 3.05) is 33.2 Å². The molecule has 3 rings (SSSR count). The first-order valence-electron chi connectivity index (χ1n) is 7.51. The van der Waals surface area contributed by atoms with Crippen molar-refractivity contribution in [2.45, 2.75) is 25.2 Å². The number of piperazine rings is 1. The zero-order valence-corrected chi connectivity index (χ0v) is 12.5. The fourth-order valence-electron chi connectivity index (χ4n) is 2.53. The molecule has 0 unspecified atom stereocenters. The number of H-pyrrole nitrogens is 1. The molecule has 0 aromatic carbocycles. The third kappa shape index (κ3) is 3.60. The van der Waals surface area contributed by atoms with Gasteiger partial charge in [0.1, 0.15) is 11.7 Å². The third-order valence-corrected chi connectivity index (χ3v) is 4.09. The predicted molar refractivity (Wildman–Crippen MR) is 83.3 cm³/mol. The minimum absolute atomic E-state index is 0.384. The number of likely N-dealkylation sites (N-methyl/N-ethyl adjacent to an activating group) is 1. The quantitative estimate of drug-likeness (QED) is 0.566. The predicted octanol–water partition coefficient (Wildman–Crippen LogP) is 0.891. The van der Waals surface area contributed by atoms with Crippen LogP contribution in [0.2, 0.25) is 0 Å². The first-order valence-corrected chi connectivity index (χ1v) is 7.51. The molecule has 2 aliphatic rings. The summed E-state index contributed by atoms with van der Waals surface area (Å²) in [5.74, 6) is 2.25. The maximum Gasteiger partial charge on any atom is 0.175 e. The summed E-state index contributed by atoms with van der Waals surface area (Å²) in [7, 11) is 2.10. The molecule has 1 saturated carbocycles. The van der Waals surface area contributed by atoms with Crippen LogP contribution in [0.1, 0.15) is 30.9 Å². The lowest BCUT2D eigenvalue weighted by Gasteiger charge is -2.34. The number of rotatable bonds is 4. The lowest BCUT2D eigenvalue weighted by molar-refractivity contribution is 0.213. The molecular weight excluding hydrogens is 266 g/mol. The Morgan fingerprint density at radius 1 is 1.43 bits per heavy atom. The largest absolute Gasteiger partial charge is 0.387 e. The standard InChI is InChI=1S/C14H23N7/c1-20-4-6-21(7-5-20)13(16)9-12(15)17-14-8-11(18-19-14)10-2-3-10/h8,10,16H,2-7,9H2,1H3,(H3,15,17,18,19). The van der Waals surface area contributed by atoms with E-state index in [2.05, 4.69) is 32.0 Å². The van der Waals surface area contributed by atoms with Crippen molar-refractivity contribution in [3.05, 3.63) is 11.8 Å². The Morgan fingerprint density at radius 3 is 2.81 bits per heavy atom. The van der Waals surface area contributed by atoms with Crippen LogP contribution in [0, 0.1) is 5.41 Å². The Bertz CT molecular complexity index is 535. The summed E-state index contributed by atoms with van der Waals surface area (Å²) < 4.78 is 0. The van der Waals surface area contributed by atoms with E-state index in [1.165, 1.54) is 12.8 Å². The number of aromatic nitrogens is 2. The van der Waals surface area contributed by atoms with E-state index in [-0.39, 0.29) is 0 Å². The normalized spacial score (nSPS) is 20.8. The van der Waals surface area contributed by atoms with E-state index in [9.17, 15) is 0 Å². The van der Waals surface area contributed by atoms with Crippen molar-refractivity contribution in [1.29, 1.82) is 5.41 Å². The molecule has 0 bridgehead atoms. The number of hydrogen-bond acceptors (Lipinski definition) is 4. The molecule has 7 heteroatoms. The summed E-state index contributed by atoms with van der Waals surface area (Å²) in [5, 5.41) is 15.3. The van der Waals surface area contributed by atoms with E-state index in [4.69, 9.17) is 11.1 Å². The van der Waals surface area contributed by atoms with Crippen molar-refractivity contribution in [2.24, 2.45) is 10.7 Å². The van der Waals surface area contributed by atoms with Crippen molar-refractivity contribution in [1.82, 2.24) is 20.0 Å². The van der Waals surface area contributed by atoms with Gasteiger partial charge in [0, 0.05) is 43.9 Å². The Labute approximate surface area is 124 Å². The third-order valence-electron chi connectivity index (χ3n) is 4.09. The minimum Gasteiger partial charge on any atom is -0.387 e. The molecule has 1 aromatic heterocycles. The van der Waals surface area contributed by atoms with Gasteiger partial charge >= 0.3 is 0 Å². The maximum absolute atomic E-state index is 8.15. The smallest absolute Gasteiger partial charge is 0.175 e. The Hall–Kier alpha value is -1.89. The van der Waals surface area contributed by atoms with Crippen LogP contribution in [0.3, 0.4) is 0 Å². The van der Waals surface area contributed by atoms with Gasteiger partial charge in [-0.05, 0) is 19.9 Å². The highest BCUT2D eigenvalue weighted by Crippen LogP contribution is 2.39. The number of nitrogens with zero attached hydrogens (tertiary/aromatic N) is 4. The van der Waals surface area contributed by atoms with Gasteiger partial charge in [-0.3, -0.25) is 10.5 Å². The van der Waals surface area contributed by atoms with Crippen LogP contribution >= 0.6 is 0 Å². The topological polar surface area (TPSA) is 97.4 Å². The highest BCUT2D eigenvalue weighted by atomic mass is 15.3. The average molecular weight is 289 g/mol. The maximum atomic E-state index is 8.15. The molecular formula is C14H23N7. The summed E-state index contributed by atoms with van der Waals surface area (Å²) in [6, 6.07) is 1.96. The molecule has 2 fully saturated rings. The summed E-state index contributed by atoms with van der Waals surface area (Å²) in [5.41, 5.74) is 7.11. The second kappa shape index (κ2) is 5.85. The fourth-order valence-corrected chi connectivity index (χ4v) is 2.53. The van der Waals surface area contributed by atoms with E-state index >= 15 is 0 Å². The summed E-state index contributed by atoms with van der Waals surface area (Å²) in [6.45, 7) is 3.75. The first kappa shape index (κ1) is 14.1. The highest BCUT2D eigenvalue weighted by Gasteiger charge is 2.25. The molecule has 0 radical (unpaired) electrons. The van der Waals surface area contributed by atoms with Gasteiger partial charge in [0.2, 0.25) is 0 Å². The molecule has 114 valence electrons. The van der Waals surface area contributed by atoms with E-state index in [1.54, 1.807) is 0 Å². The van der Waals surface area contributed by atoms with E-state index in [1.807, 2.05) is 6.07 Å². The van der Waals surface area contributed by atoms with E-state index < -0.39 is 0 Å². The molecule has 1 aliphatic carbocycles. The average Bonchev–Trinajstić information content (AvgIpc) is 3.20. The molecule has 1 aromatic rings. The number of nitrogens with one attached hydrogen (secondary N) is 2. The van der Waals surface area contributed by atoms with Crippen LogP contribution in [-0.2, 0) is 0 Å². The molecule has 0 amide bonds. The van der Waals surface area contributed by atoms with Gasteiger partial charge < -0.3 is 15.5 Å². The lowest BCUT2D eigenvalue weighted by atomic mass is 10.2. The Kier molecular flexibility index (Phi) is 3.92. The minimum atomic E-state index is 0.384. The van der Waals surface area contributed by atoms with Crippen molar-refractivity contribution in [3.8, 4) is 0 Å². The molecule has 0 atom stereocenters. The molecule has 21 heavy (non-hydrogen) atoms. The number of hydrogen-bond donors (Lipinski definition) is 3. The van der Waals surface area contributed by atoms with Crippen LogP contribution in [-0.4, -0.2) is 64.9 Å². The second-order valence-corrected chi connectivity index (χ2v) is 5.97. The van der Waals surface area contributed by atoms with Gasteiger partial charge in [-0.2, -0.15) is 5.10 Å². The number of amidine groups is 2. The van der Waals surface area contributed by atoms with Gasteiger partial charge in [-0.25, -0.2) is 4.99 Å². The van der Waals surface area contributed by atoms with Gasteiger partial charge in [0.15, 0.2) is 5.82 Å². The lowest BCUT2D eigenvalue weighted by Crippen LogP contribution is -2.47. The van der Waals surface area contributed by atoms with Crippen LogP contribution in [0.15, 0.2) is 11.1 Å². The zero-order chi connectivity index (χ0) is 14.8. The highest BCUT2D eigenvalue weighted by molar-refractivity contribution is 6.01. The van der Waals surface area contributed by atoms with Crippen LogP contribution in [0.25, 0.3) is 0 Å². The second-order valence-electron chi connectivity index (χ2n) is 5.97. The SMILES string of the molecule is CN1CCN(C(=N)CC(N)=Nc2cc(C3CC3)[nH]n2)CC1. The van der Waals surface area contributed by atoms with Gasteiger partial charge in [0.05, 0.1) is 6.42 Å². The monoisotopic (exact) mass is 289 g/mol. The first-order chi connectivity index (χ1) is 10.1. The van der Waals surface area contributed by atoms with Crippen LogP contribution in [0.4, 0.5) is 5.82 Å². The molecule has 0 spiro atoms. The molecule has 4 N–H and O–H groups in total. The summed E-state index contributed by atoms with van der Waals surface area (Å²) >= 11 is 0.